The Balaban J connectivity index is 1.56. The molecular weight excluding hydrogens is 391 g/mol. The van der Waals surface area contributed by atoms with Gasteiger partial charge in [-0.1, -0.05) is 36.4 Å². The number of sulfonamides is 1. The molecule has 4 rings (SSSR count). The van der Waals surface area contributed by atoms with E-state index in [-0.39, 0.29) is 5.91 Å². The Labute approximate surface area is 168 Å². The molecular formula is C22H19FN2O3S. The zero-order valence-corrected chi connectivity index (χ0v) is 16.3. The molecule has 1 heterocycles. The topological polar surface area (TPSA) is 66.5 Å². The Morgan fingerprint density at radius 3 is 2.41 bits per heavy atom. The smallest absolute Gasteiger partial charge is 0.264 e. The Morgan fingerprint density at radius 2 is 1.66 bits per heavy atom. The minimum absolute atomic E-state index is 0.0615. The van der Waals surface area contributed by atoms with Crippen LogP contribution in [0.3, 0.4) is 0 Å². The van der Waals surface area contributed by atoms with E-state index in [1.165, 1.54) is 18.2 Å². The van der Waals surface area contributed by atoms with E-state index in [0.717, 1.165) is 17.2 Å². The molecule has 1 aliphatic heterocycles. The summed E-state index contributed by atoms with van der Waals surface area (Å²) < 4.78 is 41.4. The van der Waals surface area contributed by atoms with Crippen LogP contribution >= 0.6 is 0 Å². The SMILES string of the molecule is O=C(c1ccccc1)N1CCc2ccc(NS(=O)(=O)c3ccccc3F)cc2C1. The first kappa shape index (κ1) is 19.1. The number of hydrogen-bond donors (Lipinski definition) is 1. The molecule has 148 valence electrons. The van der Waals surface area contributed by atoms with Crippen LogP contribution in [0.1, 0.15) is 21.5 Å². The average molecular weight is 410 g/mol. The summed E-state index contributed by atoms with van der Waals surface area (Å²) in [7, 11) is -4.05. The van der Waals surface area contributed by atoms with E-state index in [2.05, 4.69) is 4.72 Å². The van der Waals surface area contributed by atoms with E-state index in [4.69, 9.17) is 0 Å². The molecule has 3 aromatic rings. The number of rotatable bonds is 4. The minimum atomic E-state index is -4.05. The first-order valence-electron chi connectivity index (χ1n) is 9.17. The van der Waals surface area contributed by atoms with Crippen LogP contribution < -0.4 is 4.72 Å². The molecule has 0 fully saturated rings. The second-order valence-electron chi connectivity index (χ2n) is 6.86. The summed E-state index contributed by atoms with van der Waals surface area (Å²) in [6.07, 6.45) is 0.689. The third kappa shape index (κ3) is 4.00. The number of amides is 1. The molecule has 3 aromatic carbocycles. The summed E-state index contributed by atoms with van der Waals surface area (Å²) in [5.74, 6) is -0.869. The zero-order valence-electron chi connectivity index (χ0n) is 15.5. The number of fused-ring (bicyclic) bond motifs is 1. The van der Waals surface area contributed by atoms with Crippen LogP contribution in [0.2, 0.25) is 0 Å². The van der Waals surface area contributed by atoms with Crippen LogP contribution in [-0.4, -0.2) is 25.8 Å². The molecule has 0 atom stereocenters. The van der Waals surface area contributed by atoms with Gasteiger partial charge in [0.1, 0.15) is 10.7 Å². The van der Waals surface area contributed by atoms with Gasteiger partial charge in [0, 0.05) is 24.3 Å². The van der Waals surface area contributed by atoms with E-state index in [0.29, 0.717) is 30.8 Å². The largest absolute Gasteiger partial charge is 0.334 e. The van der Waals surface area contributed by atoms with E-state index < -0.39 is 20.7 Å². The van der Waals surface area contributed by atoms with Crippen molar-refractivity contribution >= 4 is 21.6 Å². The monoisotopic (exact) mass is 410 g/mol. The van der Waals surface area contributed by atoms with Gasteiger partial charge >= 0.3 is 0 Å². The molecule has 0 unspecified atom stereocenters. The van der Waals surface area contributed by atoms with Gasteiger partial charge in [-0.15, -0.1) is 0 Å². The standard InChI is InChI=1S/C22H19FN2O3S/c23-20-8-4-5-9-21(20)29(27,28)24-19-11-10-16-12-13-25(15-18(16)14-19)22(26)17-6-2-1-3-7-17/h1-11,14,24H,12-13,15H2. The summed E-state index contributed by atoms with van der Waals surface area (Å²) in [4.78, 5) is 14.1. The lowest BCUT2D eigenvalue weighted by atomic mass is 9.98. The molecule has 0 spiro atoms. The molecule has 7 heteroatoms. The third-order valence-corrected chi connectivity index (χ3v) is 6.32. The second kappa shape index (κ2) is 7.67. The summed E-state index contributed by atoms with van der Waals surface area (Å²) in [5.41, 5.74) is 2.89. The lowest BCUT2D eigenvalue weighted by Crippen LogP contribution is -2.36. The van der Waals surface area contributed by atoms with E-state index in [1.807, 2.05) is 24.3 Å². The van der Waals surface area contributed by atoms with E-state index in [9.17, 15) is 17.6 Å². The highest BCUT2D eigenvalue weighted by molar-refractivity contribution is 7.92. The highest BCUT2D eigenvalue weighted by Gasteiger charge is 2.23. The van der Waals surface area contributed by atoms with E-state index >= 15 is 0 Å². The van der Waals surface area contributed by atoms with Crippen molar-refractivity contribution in [2.45, 2.75) is 17.9 Å². The summed E-state index contributed by atoms with van der Waals surface area (Å²) >= 11 is 0. The fraction of sp³-hybridized carbons (Fsp3) is 0.136. The van der Waals surface area contributed by atoms with Gasteiger partial charge in [0.05, 0.1) is 0 Å². The summed E-state index contributed by atoms with van der Waals surface area (Å²) in [6.45, 7) is 0.985. The van der Waals surface area contributed by atoms with Gasteiger partial charge in [0.2, 0.25) is 0 Å². The number of carbonyl (C=O) groups excluding carboxylic acids is 1. The predicted octanol–water partition coefficient (Wildman–Crippen LogP) is 3.83. The normalized spacial score (nSPS) is 13.6. The number of nitrogens with one attached hydrogen (secondary N) is 1. The Kier molecular flexibility index (Phi) is 5.07. The van der Waals surface area contributed by atoms with Crippen LogP contribution in [0.15, 0.2) is 77.7 Å². The first-order valence-corrected chi connectivity index (χ1v) is 10.7. The maximum atomic E-state index is 13.9. The Hall–Kier alpha value is -3.19. The Bertz CT molecular complexity index is 1160. The molecule has 0 saturated heterocycles. The maximum absolute atomic E-state index is 13.9. The molecule has 0 saturated carbocycles. The quantitative estimate of drug-likeness (QED) is 0.711. The number of anilines is 1. The molecule has 0 radical (unpaired) electrons. The van der Waals surface area contributed by atoms with E-state index in [1.54, 1.807) is 29.2 Å². The molecule has 0 aliphatic carbocycles. The Morgan fingerprint density at radius 1 is 0.931 bits per heavy atom. The first-order chi connectivity index (χ1) is 13.9. The van der Waals surface area contributed by atoms with Crippen molar-refractivity contribution in [1.29, 1.82) is 0 Å². The van der Waals surface area contributed by atoms with Gasteiger partial charge in [-0.25, -0.2) is 12.8 Å². The van der Waals surface area contributed by atoms with Crippen LogP contribution in [0.5, 0.6) is 0 Å². The fourth-order valence-electron chi connectivity index (χ4n) is 3.43. The van der Waals surface area contributed by atoms with Crippen molar-refractivity contribution in [2.24, 2.45) is 0 Å². The predicted molar refractivity (Wildman–Crippen MR) is 109 cm³/mol. The van der Waals surface area contributed by atoms with Gasteiger partial charge < -0.3 is 4.90 Å². The van der Waals surface area contributed by atoms with Crippen molar-refractivity contribution in [3.8, 4) is 0 Å². The highest BCUT2D eigenvalue weighted by atomic mass is 32.2. The van der Waals surface area contributed by atoms with Gasteiger partial charge in [-0.3, -0.25) is 9.52 Å². The second-order valence-corrected chi connectivity index (χ2v) is 8.51. The molecule has 0 bridgehead atoms. The van der Waals surface area contributed by atoms with Crippen LogP contribution in [0, 0.1) is 5.82 Å². The van der Waals surface area contributed by atoms with Gasteiger partial charge in [0.15, 0.2) is 0 Å². The molecule has 0 aromatic heterocycles. The maximum Gasteiger partial charge on any atom is 0.264 e. The van der Waals surface area contributed by atoms with Gasteiger partial charge in [-0.05, 0) is 53.9 Å². The van der Waals surface area contributed by atoms with Crippen molar-refractivity contribution in [3.63, 3.8) is 0 Å². The van der Waals surface area contributed by atoms with Crippen LogP contribution in [0.4, 0.5) is 10.1 Å². The summed E-state index contributed by atoms with van der Waals surface area (Å²) in [6, 6.07) is 19.5. The number of benzene rings is 3. The van der Waals surface area contributed by atoms with Crippen LogP contribution in [0.25, 0.3) is 0 Å². The lowest BCUT2D eigenvalue weighted by Gasteiger charge is -2.29. The minimum Gasteiger partial charge on any atom is -0.334 e. The molecule has 29 heavy (non-hydrogen) atoms. The van der Waals surface area contributed by atoms with Gasteiger partial charge in [-0.2, -0.15) is 0 Å². The third-order valence-electron chi connectivity index (χ3n) is 4.90. The molecule has 1 N–H and O–H groups in total. The highest BCUT2D eigenvalue weighted by Crippen LogP contribution is 2.26. The van der Waals surface area contributed by atoms with Crippen molar-refractivity contribution in [1.82, 2.24) is 4.90 Å². The fourth-order valence-corrected chi connectivity index (χ4v) is 4.56. The summed E-state index contributed by atoms with van der Waals surface area (Å²) in [5, 5.41) is 0. The molecule has 1 aliphatic rings. The zero-order chi connectivity index (χ0) is 20.4. The van der Waals surface area contributed by atoms with Crippen molar-refractivity contribution in [2.75, 3.05) is 11.3 Å². The molecule has 5 nitrogen and oxygen atoms in total. The van der Waals surface area contributed by atoms with Gasteiger partial charge in [0.25, 0.3) is 15.9 Å². The van der Waals surface area contributed by atoms with Crippen molar-refractivity contribution in [3.05, 3.63) is 95.3 Å². The average Bonchev–Trinajstić information content (AvgIpc) is 2.73. The molecule has 1 amide bonds. The lowest BCUT2D eigenvalue weighted by molar-refractivity contribution is 0.0734. The van der Waals surface area contributed by atoms with Crippen LogP contribution in [-0.2, 0) is 23.0 Å². The number of nitrogens with zero attached hydrogens (tertiary/aromatic N) is 1. The number of halogens is 1. The number of carbonyl (C=O) groups is 1. The number of hydrogen-bond acceptors (Lipinski definition) is 3. The van der Waals surface area contributed by atoms with Crippen molar-refractivity contribution < 1.29 is 17.6 Å².